The average Bonchev–Trinajstić information content (AvgIpc) is 2.19. The third-order valence-corrected chi connectivity index (χ3v) is 2.74. The molecule has 0 saturated heterocycles. The van der Waals surface area contributed by atoms with Crippen LogP contribution in [0.25, 0.3) is 0 Å². The van der Waals surface area contributed by atoms with E-state index in [4.69, 9.17) is 4.74 Å². The largest absolute Gasteiger partial charge is 0.362 e. The Kier molecular flexibility index (Phi) is 2.23. The van der Waals surface area contributed by atoms with Crippen LogP contribution in [0.15, 0.2) is 24.3 Å². The molecule has 2 heteroatoms. The predicted molar refractivity (Wildman–Crippen MR) is 54.0 cm³/mol. The number of anilines is 1. The molecule has 0 aromatic heterocycles. The van der Waals surface area contributed by atoms with Gasteiger partial charge in [-0.1, -0.05) is 18.2 Å². The molecule has 1 unspecified atom stereocenters. The Morgan fingerprint density at radius 2 is 2.15 bits per heavy atom. The zero-order valence-electron chi connectivity index (χ0n) is 8.16. The van der Waals surface area contributed by atoms with E-state index in [1.807, 2.05) is 0 Å². The van der Waals surface area contributed by atoms with Gasteiger partial charge in [0.1, 0.15) is 6.23 Å². The summed E-state index contributed by atoms with van der Waals surface area (Å²) < 4.78 is 5.39. The van der Waals surface area contributed by atoms with Crippen molar-refractivity contribution in [2.24, 2.45) is 0 Å². The molecule has 0 spiro atoms. The van der Waals surface area contributed by atoms with Crippen molar-refractivity contribution in [3.05, 3.63) is 29.8 Å². The molecule has 0 radical (unpaired) electrons. The summed E-state index contributed by atoms with van der Waals surface area (Å²) in [6.07, 6.45) is 2.46. The van der Waals surface area contributed by atoms with Gasteiger partial charge in [0, 0.05) is 19.8 Å². The van der Waals surface area contributed by atoms with E-state index in [1.54, 1.807) is 7.11 Å². The molecule has 0 fully saturated rings. The summed E-state index contributed by atoms with van der Waals surface area (Å²) in [5.74, 6) is 0. The second-order valence-corrected chi connectivity index (χ2v) is 3.47. The normalized spacial score (nSPS) is 21.4. The van der Waals surface area contributed by atoms with Gasteiger partial charge in [-0.25, -0.2) is 0 Å². The maximum atomic E-state index is 5.39. The molecule has 1 aliphatic heterocycles. The maximum absolute atomic E-state index is 5.39. The Bertz CT molecular complexity index is 298. The van der Waals surface area contributed by atoms with E-state index in [9.17, 15) is 0 Å². The number of nitrogens with zero attached hydrogens (tertiary/aromatic N) is 1. The number of ether oxygens (including phenoxy) is 1. The van der Waals surface area contributed by atoms with Crippen LogP contribution in [0.1, 0.15) is 12.0 Å². The first-order valence-corrected chi connectivity index (χ1v) is 4.66. The summed E-state index contributed by atoms with van der Waals surface area (Å²) in [5.41, 5.74) is 2.74. The Hall–Kier alpha value is -1.02. The summed E-state index contributed by atoms with van der Waals surface area (Å²) >= 11 is 0. The second-order valence-electron chi connectivity index (χ2n) is 3.47. The molecular weight excluding hydrogens is 162 g/mol. The Balaban J connectivity index is 2.33. The highest BCUT2D eigenvalue weighted by Crippen LogP contribution is 2.28. The van der Waals surface area contributed by atoms with Gasteiger partial charge >= 0.3 is 0 Å². The van der Waals surface area contributed by atoms with Crippen LogP contribution in [0.3, 0.4) is 0 Å². The van der Waals surface area contributed by atoms with Crippen molar-refractivity contribution < 1.29 is 4.74 Å². The molecule has 0 N–H and O–H groups in total. The van der Waals surface area contributed by atoms with E-state index >= 15 is 0 Å². The summed E-state index contributed by atoms with van der Waals surface area (Å²) in [7, 11) is 3.86. The van der Waals surface area contributed by atoms with Crippen LogP contribution < -0.4 is 4.90 Å². The van der Waals surface area contributed by atoms with Gasteiger partial charge in [-0.2, -0.15) is 0 Å². The number of methoxy groups -OCH3 is 1. The smallest absolute Gasteiger partial charge is 0.129 e. The molecule has 2 nitrogen and oxygen atoms in total. The van der Waals surface area contributed by atoms with E-state index in [0.29, 0.717) is 0 Å². The number of hydrogen-bond donors (Lipinski definition) is 0. The quantitative estimate of drug-likeness (QED) is 0.651. The molecular formula is C11H15NO. The molecule has 1 aliphatic rings. The lowest BCUT2D eigenvalue weighted by molar-refractivity contribution is 0.0923. The standard InChI is InChI=1S/C11H15NO/c1-12-10-6-4-3-5-9(10)7-8-11(12)13-2/h3-6,11H,7-8H2,1-2H3. The third-order valence-electron chi connectivity index (χ3n) is 2.74. The molecule has 0 amide bonds. The van der Waals surface area contributed by atoms with E-state index in [1.165, 1.54) is 11.3 Å². The summed E-state index contributed by atoms with van der Waals surface area (Å²) in [4.78, 5) is 2.21. The summed E-state index contributed by atoms with van der Waals surface area (Å²) in [6, 6.07) is 8.52. The van der Waals surface area contributed by atoms with Crippen molar-refractivity contribution in [3.63, 3.8) is 0 Å². The Morgan fingerprint density at radius 3 is 2.92 bits per heavy atom. The molecule has 1 atom stereocenters. The minimum absolute atomic E-state index is 0.245. The number of fused-ring (bicyclic) bond motifs is 1. The Labute approximate surface area is 79.1 Å². The van der Waals surface area contributed by atoms with E-state index in [-0.39, 0.29) is 6.23 Å². The van der Waals surface area contributed by atoms with Gasteiger partial charge in [0.05, 0.1) is 0 Å². The van der Waals surface area contributed by atoms with Crippen LogP contribution >= 0.6 is 0 Å². The molecule has 0 aliphatic carbocycles. The van der Waals surface area contributed by atoms with Gasteiger partial charge < -0.3 is 9.64 Å². The van der Waals surface area contributed by atoms with E-state index in [2.05, 4.69) is 36.2 Å². The highest BCUT2D eigenvalue weighted by molar-refractivity contribution is 5.55. The van der Waals surface area contributed by atoms with Crippen molar-refractivity contribution in [1.29, 1.82) is 0 Å². The summed E-state index contributed by atoms with van der Waals surface area (Å²) in [6.45, 7) is 0. The first-order valence-electron chi connectivity index (χ1n) is 4.66. The number of hydrogen-bond acceptors (Lipinski definition) is 2. The van der Waals surface area contributed by atoms with Crippen LogP contribution in [0.2, 0.25) is 0 Å². The molecule has 70 valence electrons. The topological polar surface area (TPSA) is 12.5 Å². The first kappa shape index (κ1) is 8.57. The van der Waals surface area contributed by atoms with Crippen molar-refractivity contribution in [1.82, 2.24) is 0 Å². The van der Waals surface area contributed by atoms with Crippen molar-refractivity contribution >= 4 is 5.69 Å². The molecule has 13 heavy (non-hydrogen) atoms. The molecule has 1 heterocycles. The second kappa shape index (κ2) is 3.38. The highest BCUT2D eigenvalue weighted by atomic mass is 16.5. The fraction of sp³-hybridized carbons (Fsp3) is 0.455. The van der Waals surface area contributed by atoms with Gasteiger partial charge in [-0.05, 0) is 24.5 Å². The zero-order chi connectivity index (χ0) is 9.26. The van der Waals surface area contributed by atoms with Crippen LogP contribution in [0.5, 0.6) is 0 Å². The van der Waals surface area contributed by atoms with Crippen LogP contribution in [0.4, 0.5) is 5.69 Å². The third kappa shape index (κ3) is 1.42. The van der Waals surface area contributed by atoms with Gasteiger partial charge in [0.2, 0.25) is 0 Å². The average molecular weight is 177 g/mol. The fourth-order valence-corrected chi connectivity index (χ4v) is 1.97. The van der Waals surface area contributed by atoms with Crippen LogP contribution in [0, 0.1) is 0 Å². The van der Waals surface area contributed by atoms with Crippen LogP contribution in [-0.2, 0) is 11.2 Å². The van der Waals surface area contributed by atoms with E-state index < -0.39 is 0 Å². The predicted octanol–water partition coefficient (Wildman–Crippen LogP) is 2.04. The van der Waals surface area contributed by atoms with Gasteiger partial charge in [-0.3, -0.25) is 0 Å². The maximum Gasteiger partial charge on any atom is 0.129 e. The molecule has 1 aromatic carbocycles. The van der Waals surface area contributed by atoms with E-state index in [0.717, 1.165) is 12.8 Å². The lowest BCUT2D eigenvalue weighted by atomic mass is 10.0. The first-order chi connectivity index (χ1) is 6.33. The fourth-order valence-electron chi connectivity index (χ4n) is 1.97. The number of aryl methyl sites for hydroxylation is 1. The molecule has 0 bridgehead atoms. The van der Waals surface area contributed by atoms with Crippen molar-refractivity contribution in [3.8, 4) is 0 Å². The monoisotopic (exact) mass is 177 g/mol. The van der Waals surface area contributed by atoms with Gasteiger partial charge in [0.15, 0.2) is 0 Å². The van der Waals surface area contributed by atoms with Crippen LogP contribution in [-0.4, -0.2) is 20.4 Å². The number of para-hydroxylation sites is 1. The van der Waals surface area contributed by atoms with Gasteiger partial charge in [0.25, 0.3) is 0 Å². The molecule has 2 rings (SSSR count). The van der Waals surface area contributed by atoms with Crippen molar-refractivity contribution in [2.45, 2.75) is 19.1 Å². The molecule has 1 aromatic rings. The van der Waals surface area contributed by atoms with Gasteiger partial charge in [-0.15, -0.1) is 0 Å². The SMILES string of the molecule is COC1CCc2ccccc2N1C. The number of rotatable bonds is 1. The zero-order valence-corrected chi connectivity index (χ0v) is 8.16. The minimum atomic E-state index is 0.245. The Morgan fingerprint density at radius 1 is 1.38 bits per heavy atom. The lowest BCUT2D eigenvalue weighted by Crippen LogP contribution is -2.37. The van der Waals surface area contributed by atoms with Crippen molar-refractivity contribution in [2.75, 3.05) is 19.1 Å². The summed E-state index contributed by atoms with van der Waals surface area (Å²) in [5, 5.41) is 0. The minimum Gasteiger partial charge on any atom is -0.362 e. The number of benzene rings is 1. The lowest BCUT2D eigenvalue weighted by Gasteiger charge is -2.34. The highest BCUT2D eigenvalue weighted by Gasteiger charge is 2.21. The molecule has 0 saturated carbocycles.